The molecule has 0 fully saturated rings. The van der Waals surface area contributed by atoms with E-state index < -0.39 is 0 Å². The van der Waals surface area contributed by atoms with Crippen molar-refractivity contribution in [2.45, 2.75) is 0 Å². The number of pyridine rings is 1. The molecule has 19 heavy (non-hydrogen) atoms. The smallest absolute Gasteiger partial charge is 0.170 e. The van der Waals surface area contributed by atoms with Crippen molar-refractivity contribution in [2.24, 2.45) is 0 Å². The van der Waals surface area contributed by atoms with Gasteiger partial charge in [-0.3, -0.25) is 9.20 Å². The lowest BCUT2D eigenvalue weighted by molar-refractivity contribution is 0.112. The largest absolute Gasteiger partial charge is 0.299 e. The minimum Gasteiger partial charge on any atom is -0.299 e. The summed E-state index contributed by atoms with van der Waals surface area (Å²) in [5.74, 6) is 0.0351. The highest BCUT2D eigenvalue weighted by atomic mass is 79.9. The number of aldehydes is 1. The minimum absolute atomic E-state index is 0.301. The lowest BCUT2D eigenvalue weighted by Gasteiger charge is -2.03. The first-order valence-electron chi connectivity index (χ1n) is 5.58. The first-order valence-corrected chi connectivity index (χ1v) is 6.37. The lowest BCUT2D eigenvalue weighted by Crippen LogP contribution is -1.91. The van der Waals surface area contributed by atoms with Crippen LogP contribution in [0, 0.1) is 5.82 Å². The Morgan fingerprint density at radius 1 is 1.26 bits per heavy atom. The maximum absolute atomic E-state index is 13.9. The van der Waals surface area contributed by atoms with Gasteiger partial charge in [0.2, 0.25) is 0 Å². The van der Waals surface area contributed by atoms with Crippen LogP contribution in [0.25, 0.3) is 16.9 Å². The molecule has 0 N–H and O–H groups in total. The first kappa shape index (κ1) is 12.0. The Morgan fingerprint density at radius 3 is 2.89 bits per heavy atom. The molecule has 3 aromatic rings. The maximum atomic E-state index is 13.9. The van der Waals surface area contributed by atoms with Gasteiger partial charge in [0.05, 0.1) is 11.1 Å². The van der Waals surface area contributed by atoms with E-state index in [9.17, 15) is 9.18 Å². The molecule has 2 heterocycles. The van der Waals surface area contributed by atoms with Crippen molar-refractivity contribution in [3.05, 3.63) is 58.6 Å². The van der Waals surface area contributed by atoms with E-state index in [-0.39, 0.29) is 5.82 Å². The number of hydrogen-bond acceptors (Lipinski definition) is 2. The van der Waals surface area contributed by atoms with Gasteiger partial charge in [-0.15, -0.1) is 0 Å². The summed E-state index contributed by atoms with van der Waals surface area (Å²) < 4.78 is 16.4. The molecule has 0 unspecified atom stereocenters. The normalized spacial score (nSPS) is 10.8. The Morgan fingerprint density at radius 2 is 2.11 bits per heavy atom. The van der Waals surface area contributed by atoms with Crippen molar-refractivity contribution in [1.29, 1.82) is 0 Å². The summed E-state index contributed by atoms with van der Waals surface area (Å²) in [5.41, 5.74) is 1.31. The fraction of sp³-hybridized carbons (Fsp3) is 0. The van der Waals surface area contributed by atoms with Crippen molar-refractivity contribution >= 4 is 27.7 Å². The average Bonchev–Trinajstić information content (AvgIpc) is 2.80. The molecular weight excluding hydrogens is 311 g/mol. The molecule has 0 aliphatic rings. The number of imidazole rings is 1. The Kier molecular flexibility index (Phi) is 2.91. The third-order valence-corrected chi connectivity index (χ3v) is 3.35. The summed E-state index contributed by atoms with van der Waals surface area (Å²) in [7, 11) is 0. The fourth-order valence-corrected chi connectivity index (χ4v) is 2.37. The molecule has 0 saturated carbocycles. The quantitative estimate of drug-likeness (QED) is 0.675. The number of hydrogen-bond donors (Lipinski definition) is 0. The molecule has 2 aromatic heterocycles. The molecule has 0 atom stereocenters. The molecular formula is C14H8BrFN2O. The SMILES string of the molecule is O=Cc1nc(-c2cc(Br)ccc2F)n2ccccc12. The van der Waals surface area contributed by atoms with E-state index >= 15 is 0 Å². The first-order chi connectivity index (χ1) is 9.20. The standard InChI is InChI=1S/C14H8BrFN2O/c15-9-4-5-11(16)10(7-9)14-17-12(8-19)13-3-1-2-6-18(13)14/h1-8H. The van der Waals surface area contributed by atoms with E-state index in [4.69, 9.17) is 0 Å². The summed E-state index contributed by atoms with van der Waals surface area (Å²) in [4.78, 5) is 15.3. The van der Waals surface area contributed by atoms with E-state index in [1.807, 2.05) is 12.1 Å². The zero-order chi connectivity index (χ0) is 13.4. The van der Waals surface area contributed by atoms with Gasteiger partial charge in [0.1, 0.15) is 17.3 Å². The lowest BCUT2D eigenvalue weighted by atomic mass is 10.2. The highest BCUT2D eigenvalue weighted by molar-refractivity contribution is 9.10. The van der Waals surface area contributed by atoms with Crippen LogP contribution >= 0.6 is 15.9 Å². The highest BCUT2D eigenvalue weighted by Crippen LogP contribution is 2.27. The third-order valence-electron chi connectivity index (χ3n) is 2.86. The Hall–Kier alpha value is -2.01. The summed E-state index contributed by atoms with van der Waals surface area (Å²) in [5, 5.41) is 0. The molecule has 0 saturated heterocycles. The minimum atomic E-state index is -0.378. The van der Waals surface area contributed by atoms with Crippen LogP contribution in [0.2, 0.25) is 0 Å². The van der Waals surface area contributed by atoms with Crippen LogP contribution in [0.3, 0.4) is 0 Å². The number of carbonyl (C=O) groups excluding carboxylic acids is 1. The van der Waals surface area contributed by atoms with Gasteiger partial charge in [-0.05, 0) is 30.3 Å². The van der Waals surface area contributed by atoms with Crippen LogP contribution in [0.4, 0.5) is 4.39 Å². The number of aromatic nitrogens is 2. The summed E-state index contributed by atoms with van der Waals surface area (Å²) in [6, 6.07) is 10.0. The van der Waals surface area contributed by atoms with Crippen molar-refractivity contribution in [2.75, 3.05) is 0 Å². The third kappa shape index (κ3) is 1.96. The molecule has 0 spiro atoms. The second-order valence-corrected chi connectivity index (χ2v) is 4.93. The van der Waals surface area contributed by atoms with Gasteiger partial charge < -0.3 is 0 Å². The van der Waals surface area contributed by atoms with E-state index in [1.165, 1.54) is 6.07 Å². The van der Waals surface area contributed by atoms with Gasteiger partial charge in [0, 0.05) is 10.7 Å². The van der Waals surface area contributed by atoms with Gasteiger partial charge >= 0.3 is 0 Å². The van der Waals surface area contributed by atoms with Gasteiger partial charge in [0.25, 0.3) is 0 Å². The molecule has 0 radical (unpaired) electrons. The predicted molar refractivity (Wildman–Crippen MR) is 73.7 cm³/mol. The zero-order valence-electron chi connectivity index (χ0n) is 9.68. The van der Waals surface area contributed by atoms with E-state index in [0.29, 0.717) is 28.9 Å². The number of benzene rings is 1. The van der Waals surface area contributed by atoms with Crippen LogP contribution < -0.4 is 0 Å². The molecule has 0 bridgehead atoms. The number of halogens is 2. The molecule has 5 heteroatoms. The van der Waals surface area contributed by atoms with Gasteiger partial charge in [0.15, 0.2) is 6.29 Å². The molecule has 94 valence electrons. The van der Waals surface area contributed by atoms with Crippen molar-refractivity contribution in [3.63, 3.8) is 0 Å². The maximum Gasteiger partial charge on any atom is 0.170 e. The number of carbonyl (C=O) groups is 1. The topological polar surface area (TPSA) is 34.4 Å². The summed E-state index contributed by atoms with van der Waals surface area (Å²) >= 11 is 3.31. The van der Waals surface area contributed by atoms with E-state index in [2.05, 4.69) is 20.9 Å². The predicted octanol–water partition coefficient (Wildman–Crippen LogP) is 3.72. The number of nitrogens with zero attached hydrogens (tertiary/aromatic N) is 2. The number of rotatable bonds is 2. The molecule has 3 rings (SSSR count). The van der Waals surface area contributed by atoms with E-state index in [0.717, 1.165) is 4.47 Å². The second kappa shape index (κ2) is 4.59. The monoisotopic (exact) mass is 318 g/mol. The van der Waals surface area contributed by atoms with Crippen LogP contribution in [0.5, 0.6) is 0 Å². The van der Waals surface area contributed by atoms with Crippen LogP contribution in [0.15, 0.2) is 47.1 Å². The van der Waals surface area contributed by atoms with Gasteiger partial charge in [-0.25, -0.2) is 9.37 Å². The Balaban J connectivity index is 2.36. The van der Waals surface area contributed by atoms with Gasteiger partial charge in [-0.1, -0.05) is 22.0 Å². The molecule has 0 amide bonds. The summed E-state index contributed by atoms with van der Waals surface area (Å²) in [6.07, 6.45) is 2.43. The molecule has 3 nitrogen and oxygen atoms in total. The fourth-order valence-electron chi connectivity index (χ4n) is 2.01. The number of fused-ring (bicyclic) bond motifs is 1. The molecule has 0 aliphatic heterocycles. The van der Waals surface area contributed by atoms with Crippen LogP contribution in [0.1, 0.15) is 10.5 Å². The van der Waals surface area contributed by atoms with Crippen LogP contribution in [-0.4, -0.2) is 15.7 Å². The summed E-state index contributed by atoms with van der Waals surface area (Å²) in [6.45, 7) is 0. The molecule has 0 aliphatic carbocycles. The average molecular weight is 319 g/mol. The van der Waals surface area contributed by atoms with Crippen molar-refractivity contribution < 1.29 is 9.18 Å². The Bertz CT molecular complexity index is 782. The highest BCUT2D eigenvalue weighted by Gasteiger charge is 2.15. The van der Waals surface area contributed by atoms with Crippen LogP contribution in [-0.2, 0) is 0 Å². The molecule has 1 aromatic carbocycles. The van der Waals surface area contributed by atoms with Crippen molar-refractivity contribution in [3.8, 4) is 11.4 Å². The van der Waals surface area contributed by atoms with Crippen molar-refractivity contribution in [1.82, 2.24) is 9.38 Å². The van der Waals surface area contributed by atoms with E-state index in [1.54, 1.807) is 28.8 Å². The van der Waals surface area contributed by atoms with Gasteiger partial charge in [-0.2, -0.15) is 0 Å². The second-order valence-electron chi connectivity index (χ2n) is 4.02. The Labute approximate surface area is 116 Å². The zero-order valence-corrected chi connectivity index (χ0v) is 11.3.